The van der Waals surface area contributed by atoms with Crippen molar-refractivity contribution in [1.29, 1.82) is 0 Å². The van der Waals surface area contributed by atoms with Crippen molar-refractivity contribution in [2.24, 2.45) is 0 Å². The van der Waals surface area contributed by atoms with Crippen LogP contribution in [0.4, 0.5) is 5.82 Å². The zero-order valence-corrected chi connectivity index (χ0v) is 19.6. The fraction of sp³-hybridized carbons (Fsp3) is 0.400. The molecule has 1 N–H and O–H groups in total. The Kier molecular flexibility index (Phi) is 7.24. The number of anilines is 1. The smallest absolute Gasteiger partial charge is 0.246 e. The van der Waals surface area contributed by atoms with Crippen molar-refractivity contribution in [3.8, 4) is 5.75 Å². The summed E-state index contributed by atoms with van der Waals surface area (Å²) >= 11 is 0. The first-order chi connectivity index (χ1) is 16.1. The molecule has 0 atom stereocenters. The van der Waals surface area contributed by atoms with E-state index in [1.807, 2.05) is 46.0 Å². The van der Waals surface area contributed by atoms with Gasteiger partial charge in [-0.05, 0) is 48.3 Å². The van der Waals surface area contributed by atoms with E-state index in [0.29, 0.717) is 19.6 Å². The maximum Gasteiger partial charge on any atom is 0.246 e. The second-order valence-electron chi connectivity index (χ2n) is 8.13. The predicted octanol–water partition coefficient (Wildman–Crippen LogP) is 3.13. The number of hydrogen-bond donors (Lipinski definition) is 1. The molecule has 174 valence electrons. The molecule has 1 aliphatic heterocycles. The van der Waals surface area contributed by atoms with Crippen molar-refractivity contribution in [2.45, 2.75) is 33.4 Å². The number of carbonyl (C=O) groups is 1. The molecule has 1 amide bonds. The summed E-state index contributed by atoms with van der Waals surface area (Å²) in [4.78, 5) is 21.4. The lowest BCUT2D eigenvalue weighted by Gasteiger charge is -2.26. The van der Waals surface area contributed by atoms with E-state index >= 15 is 0 Å². The molecule has 4 rings (SSSR count). The third-order valence-corrected chi connectivity index (χ3v) is 6.21. The van der Waals surface area contributed by atoms with Gasteiger partial charge in [-0.2, -0.15) is 5.10 Å². The number of hydrogen-bond acceptors (Lipinski definition) is 6. The van der Waals surface area contributed by atoms with Crippen LogP contribution in [-0.4, -0.2) is 63.6 Å². The quantitative estimate of drug-likeness (QED) is 0.507. The fourth-order valence-corrected chi connectivity index (χ4v) is 4.21. The zero-order chi connectivity index (χ0) is 23.2. The van der Waals surface area contributed by atoms with Crippen LogP contribution in [-0.2, 0) is 24.3 Å². The number of fused-ring (bicyclic) bond motifs is 3. The summed E-state index contributed by atoms with van der Waals surface area (Å²) in [5, 5.41) is 7.86. The molecule has 3 aromatic rings. The van der Waals surface area contributed by atoms with Crippen LogP contribution in [0, 0.1) is 0 Å². The van der Waals surface area contributed by atoms with Crippen molar-refractivity contribution >= 4 is 17.2 Å². The van der Waals surface area contributed by atoms with Gasteiger partial charge >= 0.3 is 0 Å². The highest BCUT2D eigenvalue weighted by Crippen LogP contribution is 2.28. The van der Waals surface area contributed by atoms with Crippen LogP contribution in [0.1, 0.15) is 30.5 Å². The number of amides is 1. The van der Waals surface area contributed by atoms with Crippen molar-refractivity contribution in [2.75, 3.05) is 38.6 Å². The van der Waals surface area contributed by atoms with E-state index in [0.717, 1.165) is 54.3 Å². The molecular formula is C25H32N6O2. The van der Waals surface area contributed by atoms with Gasteiger partial charge in [0.2, 0.25) is 5.91 Å². The van der Waals surface area contributed by atoms with E-state index in [4.69, 9.17) is 4.74 Å². The molecule has 0 spiro atoms. The number of aromatic nitrogens is 3. The van der Waals surface area contributed by atoms with E-state index in [9.17, 15) is 4.79 Å². The molecule has 3 heterocycles. The number of nitrogens with zero attached hydrogens (tertiary/aromatic N) is 5. The Balaban J connectivity index is 1.46. The van der Waals surface area contributed by atoms with Crippen LogP contribution < -0.4 is 10.1 Å². The van der Waals surface area contributed by atoms with Crippen molar-refractivity contribution in [3.05, 3.63) is 65.6 Å². The maximum absolute atomic E-state index is 12.7. The molecule has 0 unspecified atom stereocenters. The minimum Gasteiger partial charge on any atom is -0.497 e. The summed E-state index contributed by atoms with van der Waals surface area (Å²) < 4.78 is 7.10. The fourth-order valence-electron chi connectivity index (χ4n) is 4.21. The molecule has 1 aliphatic rings. The Hall–Kier alpha value is -3.39. The summed E-state index contributed by atoms with van der Waals surface area (Å²) in [6, 6.07) is 7.98. The van der Waals surface area contributed by atoms with Crippen LogP contribution in [0.5, 0.6) is 5.75 Å². The molecule has 0 radical (unpaired) electrons. The Labute approximate surface area is 194 Å². The number of ether oxygens (including phenoxy) is 1. The molecule has 8 heteroatoms. The van der Waals surface area contributed by atoms with Gasteiger partial charge in [0.15, 0.2) is 5.82 Å². The number of likely N-dealkylation sites (N-methyl/N-ethyl adjacent to an activating group) is 1. The Morgan fingerprint density at radius 3 is 2.76 bits per heavy atom. The number of nitrogens with one attached hydrogen (secondary N) is 1. The maximum atomic E-state index is 12.7. The standard InChI is InChI=1S/C25H32N6O2/c1-4-29(5-2)13-6-7-23(32)30-14-12-22-20(16-30)17-31-24(22)25(27-18-28-31)26-15-19-8-10-21(33-3)11-9-19/h6-11,17-18H,4-5,12-16H2,1-3H3,(H,26,27,28)/b7-6+. The first-order valence-electron chi connectivity index (χ1n) is 11.5. The van der Waals surface area contributed by atoms with Gasteiger partial charge in [0.05, 0.1) is 7.11 Å². The Morgan fingerprint density at radius 1 is 1.24 bits per heavy atom. The lowest BCUT2D eigenvalue weighted by Crippen LogP contribution is -2.34. The van der Waals surface area contributed by atoms with Crippen molar-refractivity contribution < 1.29 is 9.53 Å². The third-order valence-electron chi connectivity index (χ3n) is 6.21. The topological polar surface area (TPSA) is 75.0 Å². The minimum absolute atomic E-state index is 0.0620. The second kappa shape index (κ2) is 10.5. The van der Waals surface area contributed by atoms with Gasteiger partial charge in [0.25, 0.3) is 0 Å². The van der Waals surface area contributed by atoms with Crippen LogP contribution in [0.25, 0.3) is 5.52 Å². The summed E-state index contributed by atoms with van der Waals surface area (Å²) in [5.41, 5.74) is 4.47. The summed E-state index contributed by atoms with van der Waals surface area (Å²) in [6.45, 7) is 8.95. The van der Waals surface area contributed by atoms with E-state index in [2.05, 4.69) is 34.1 Å². The van der Waals surface area contributed by atoms with Crippen LogP contribution in [0.15, 0.2) is 48.9 Å². The largest absolute Gasteiger partial charge is 0.497 e. The molecule has 2 aromatic heterocycles. The molecule has 8 nitrogen and oxygen atoms in total. The monoisotopic (exact) mass is 448 g/mol. The highest BCUT2D eigenvalue weighted by molar-refractivity contribution is 5.88. The molecular weight excluding hydrogens is 416 g/mol. The zero-order valence-electron chi connectivity index (χ0n) is 19.6. The third kappa shape index (κ3) is 5.17. The minimum atomic E-state index is 0.0620. The highest BCUT2D eigenvalue weighted by Gasteiger charge is 2.24. The number of rotatable bonds is 9. The lowest BCUT2D eigenvalue weighted by atomic mass is 10.0. The summed E-state index contributed by atoms with van der Waals surface area (Å²) in [7, 11) is 1.66. The van der Waals surface area contributed by atoms with Gasteiger partial charge in [0.1, 0.15) is 17.6 Å². The SMILES string of the molecule is CCN(CC)C/C=C/C(=O)N1CCc2c(cn3ncnc(NCc4ccc(OC)cc4)c23)C1. The average Bonchev–Trinajstić information content (AvgIpc) is 3.24. The van der Waals surface area contributed by atoms with E-state index < -0.39 is 0 Å². The number of benzene rings is 1. The van der Waals surface area contributed by atoms with E-state index in [1.165, 1.54) is 5.56 Å². The van der Waals surface area contributed by atoms with Gasteiger partial charge in [-0.15, -0.1) is 0 Å². The Bertz CT molecular complexity index is 1120. The van der Waals surface area contributed by atoms with Gasteiger partial charge < -0.3 is 19.9 Å². The Morgan fingerprint density at radius 2 is 2.03 bits per heavy atom. The molecule has 0 saturated heterocycles. The molecule has 1 aromatic carbocycles. The first-order valence-corrected chi connectivity index (χ1v) is 11.5. The molecule has 33 heavy (non-hydrogen) atoms. The summed E-state index contributed by atoms with van der Waals surface area (Å²) in [6.07, 6.45) is 8.04. The van der Waals surface area contributed by atoms with Gasteiger partial charge in [-0.1, -0.05) is 32.1 Å². The van der Waals surface area contributed by atoms with Crippen LogP contribution >= 0.6 is 0 Å². The molecule has 0 bridgehead atoms. The number of carbonyl (C=O) groups excluding carboxylic acids is 1. The van der Waals surface area contributed by atoms with E-state index in [1.54, 1.807) is 19.5 Å². The number of methoxy groups -OCH3 is 1. The molecule has 0 fully saturated rings. The molecule has 0 saturated carbocycles. The van der Waals surface area contributed by atoms with Crippen molar-refractivity contribution in [1.82, 2.24) is 24.4 Å². The van der Waals surface area contributed by atoms with Crippen molar-refractivity contribution in [3.63, 3.8) is 0 Å². The van der Waals surface area contributed by atoms with Gasteiger partial charge in [0, 0.05) is 38.5 Å². The van der Waals surface area contributed by atoms with Gasteiger partial charge in [-0.25, -0.2) is 9.50 Å². The van der Waals surface area contributed by atoms with Crippen LogP contribution in [0.2, 0.25) is 0 Å². The van der Waals surface area contributed by atoms with Gasteiger partial charge in [-0.3, -0.25) is 4.79 Å². The normalized spacial score (nSPS) is 13.6. The second-order valence-corrected chi connectivity index (χ2v) is 8.13. The average molecular weight is 449 g/mol. The first kappa shape index (κ1) is 22.8. The predicted molar refractivity (Wildman–Crippen MR) is 129 cm³/mol. The summed E-state index contributed by atoms with van der Waals surface area (Å²) in [5.74, 6) is 1.71. The molecule has 0 aliphatic carbocycles. The van der Waals surface area contributed by atoms with Crippen LogP contribution in [0.3, 0.4) is 0 Å². The highest BCUT2D eigenvalue weighted by atomic mass is 16.5. The van der Waals surface area contributed by atoms with E-state index in [-0.39, 0.29) is 5.91 Å². The lowest BCUT2D eigenvalue weighted by molar-refractivity contribution is -0.126.